The number of imide groups is 2. The van der Waals surface area contributed by atoms with Crippen molar-refractivity contribution in [3.63, 3.8) is 0 Å². The molecule has 4 rings (SSSR count). The molecule has 11 heteroatoms. The van der Waals surface area contributed by atoms with Gasteiger partial charge in [0.25, 0.3) is 11.8 Å². The summed E-state index contributed by atoms with van der Waals surface area (Å²) in [5, 5.41) is 4.74. The lowest BCUT2D eigenvalue weighted by molar-refractivity contribution is -0.206. The summed E-state index contributed by atoms with van der Waals surface area (Å²) in [7, 11) is 0. The Bertz CT molecular complexity index is 986. The molecule has 1 aromatic rings. The molecule has 0 bridgehead atoms. The minimum absolute atomic E-state index is 0.00215. The fraction of sp³-hybridized carbons (Fsp3) is 0.524. The van der Waals surface area contributed by atoms with E-state index in [1.165, 1.54) is 18.2 Å². The van der Waals surface area contributed by atoms with Crippen molar-refractivity contribution in [3.8, 4) is 0 Å². The van der Waals surface area contributed by atoms with Crippen molar-refractivity contribution in [2.24, 2.45) is 5.73 Å². The van der Waals surface area contributed by atoms with Crippen LogP contribution in [0.4, 0.5) is 13.2 Å². The molecule has 1 unspecified atom stereocenters. The molecule has 172 valence electrons. The van der Waals surface area contributed by atoms with Crippen LogP contribution in [0.25, 0.3) is 0 Å². The zero-order chi connectivity index (χ0) is 23.3. The van der Waals surface area contributed by atoms with E-state index in [4.69, 9.17) is 5.73 Å². The average Bonchev–Trinajstić information content (AvgIpc) is 2.97. The molecule has 2 heterocycles. The highest BCUT2D eigenvalue weighted by Crippen LogP contribution is 2.41. The van der Waals surface area contributed by atoms with E-state index in [1.807, 2.05) is 0 Å². The van der Waals surface area contributed by atoms with Crippen LogP contribution in [0.2, 0.25) is 0 Å². The number of alkyl halides is 3. The molecule has 3 aliphatic rings. The number of hydrogen-bond donors (Lipinski definition) is 3. The lowest BCUT2D eigenvalue weighted by Gasteiger charge is -2.41. The predicted octanol–water partition coefficient (Wildman–Crippen LogP) is 1.38. The van der Waals surface area contributed by atoms with Gasteiger partial charge in [-0.2, -0.15) is 13.2 Å². The third-order valence-electron chi connectivity index (χ3n) is 6.56. The Hall–Kier alpha value is -2.79. The summed E-state index contributed by atoms with van der Waals surface area (Å²) in [6.07, 6.45) is -4.19. The van der Waals surface area contributed by atoms with E-state index in [0.29, 0.717) is 5.56 Å². The van der Waals surface area contributed by atoms with Crippen molar-refractivity contribution in [1.82, 2.24) is 15.5 Å². The number of nitrogens with one attached hydrogen (secondary N) is 2. The Balaban J connectivity index is 1.53. The lowest BCUT2D eigenvalue weighted by Crippen LogP contribution is -2.59. The molecule has 1 aliphatic carbocycles. The van der Waals surface area contributed by atoms with Gasteiger partial charge in [0.05, 0.1) is 11.1 Å². The van der Waals surface area contributed by atoms with E-state index in [1.54, 1.807) is 0 Å². The Kier molecular flexibility index (Phi) is 5.58. The molecule has 1 saturated heterocycles. The summed E-state index contributed by atoms with van der Waals surface area (Å²) in [6, 6.07) is 2.91. The van der Waals surface area contributed by atoms with Gasteiger partial charge in [0.1, 0.15) is 11.6 Å². The zero-order valence-electron chi connectivity index (χ0n) is 17.1. The molecule has 0 aromatic heterocycles. The number of nitrogens with two attached hydrogens (primary N) is 1. The summed E-state index contributed by atoms with van der Waals surface area (Å²) in [6.45, 7) is -0.151. The van der Waals surface area contributed by atoms with Gasteiger partial charge in [-0.3, -0.25) is 34.7 Å². The first-order valence-electron chi connectivity index (χ1n) is 10.4. The molecule has 2 fully saturated rings. The van der Waals surface area contributed by atoms with Crippen LogP contribution >= 0.6 is 0 Å². The first kappa shape index (κ1) is 22.4. The monoisotopic (exact) mass is 452 g/mol. The topological polar surface area (TPSA) is 122 Å². The van der Waals surface area contributed by atoms with Crippen LogP contribution in [0.1, 0.15) is 64.8 Å². The molecular weight excluding hydrogens is 429 g/mol. The number of amides is 4. The second-order valence-electron chi connectivity index (χ2n) is 8.60. The largest absolute Gasteiger partial charge is 0.406 e. The van der Waals surface area contributed by atoms with Gasteiger partial charge in [-0.15, -0.1) is 0 Å². The number of fused-ring (bicyclic) bond motifs is 1. The van der Waals surface area contributed by atoms with Crippen molar-refractivity contribution >= 4 is 23.6 Å². The van der Waals surface area contributed by atoms with E-state index in [0.717, 1.165) is 4.90 Å². The Labute approximate surface area is 181 Å². The second kappa shape index (κ2) is 7.96. The van der Waals surface area contributed by atoms with Gasteiger partial charge in [0.2, 0.25) is 11.8 Å². The Morgan fingerprint density at radius 3 is 2.34 bits per heavy atom. The molecule has 1 aromatic carbocycles. The van der Waals surface area contributed by atoms with E-state index in [2.05, 4.69) is 10.6 Å². The van der Waals surface area contributed by atoms with E-state index in [9.17, 15) is 32.3 Å². The van der Waals surface area contributed by atoms with Gasteiger partial charge in [0, 0.05) is 19.0 Å². The summed E-state index contributed by atoms with van der Waals surface area (Å²) in [5.74, 6) is -2.55. The molecule has 2 aliphatic heterocycles. The summed E-state index contributed by atoms with van der Waals surface area (Å²) < 4.78 is 41.4. The maximum absolute atomic E-state index is 13.8. The molecule has 8 nitrogen and oxygen atoms in total. The predicted molar refractivity (Wildman–Crippen MR) is 105 cm³/mol. The number of benzene rings is 1. The van der Waals surface area contributed by atoms with E-state index in [-0.39, 0.29) is 62.2 Å². The van der Waals surface area contributed by atoms with Crippen molar-refractivity contribution in [2.75, 3.05) is 0 Å². The quantitative estimate of drug-likeness (QED) is 0.594. The van der Waals surface area contributed by atoms with Gasteiger partial charge >= 0.3 is 6.18 Å². The molecule has 1 atom stereocenters. The SMILES string of the molecule is NC1CCC(NCc2ccc3c(c2)C(=O)N(C2CCC(=O)NC2=O)C3=O)(C(F)(F)F)CC1. The number of carbonyl (C=O) groups excluding carboxylic acids is 4. The van der Waals surface area contributed by atoms with Crippen LogP contribution in [-0.4, -0.2) is 52.3 Å². The maximum atomic E-state index is 13.8. The molecule has 1 saturated carbocycles. The smallest absolute Gasteiger partial charge is 0.328 e. The van der Waals surface area contributed by atoms with Crippen LogP contribution in [0.3, 0.4) is 0 Å². The first-order valence-corrected chi connectivity index (χ1v) is 10.4. The van der Waals surface area contributed by atoms with Gasteiger partial charge in [-0.1, -0.05) is 6.07 Å². The highest BCUT2D eigenvalue weighted by Gasteiger charge is 2.55. The number of hydrogen-bond acceptors (Lipinski definition) is 6. The van der Waals surface area contributed by atoms with Gasteiger partial charge in [0.15, 0.2) is 0 Å². The maximum Gasteiger partial charge on any atom is 0.406 e. The third-order valence-corrected chi connectivity index (χ3v) is 6.56. The summed E-state index contributed by atoms with van der Waals surface area (Å²) >= 11 is 0. The van der Waals surface area contributed by atoms with Crippen molar-refractivity contribution in [1.29, 1.82) is 0 Å². The van der Waals surface area contributed by atoms with Crippen LogP contribution in [0, 0.1) is 0 Å². The fourth-order valence-electron chi connectivity index (χ4n) is 4.59. The van der Waals surface area contributed by atoms with E-state index >= 15 is 0 Å². The molecule has 0 radical (unpaired) electrons. The normalized spacial score (nSPS) is 28.7. The van der Waals surface area contributed by atoms with Gasteiger partial charge < -0.3 is 5.73 Å². The molecule has 0 spiro atoms. The molecule has 4 amide bonds. The lowest BCUT2D eigenvalue weighted by atomic mass is 9.79. The molecular formula is C21H23F3N4O4. The number of rotatable bonds is 4. The Morgan fingerprint density at radius 2 is 1.72 bits per heavy atom. The number of piperidine rings is 1. The average molecular weight is 452 g/mol. The standard InChI is InChI=1S/C21H23F3N4O4/c22-21(23,24)20(7-5-12(25)6-8-20)26-10-11-1-2-13-14(9-11)19(32)28(18(13)31)15-3-4-16(29)27-17(15)30/h1-2,9,12,15,26H,3-8,10,25H2,(H,27,29,30). The summed E-state index contributed by atoms with van der Waals surface area (Å²) in [5.41, 5.74) is 4.24. The second-order valence-corrected chi connectivity index (χ2v) is 8.60. The van der Waals surface area contributed by atoms with E-state index < -0.39 is 41.4 Å². The van der Waals surface area contributed by atoms with Crippen LogP contribution < -0.4 is 16.4 Å². The fourth-order valence-corrected chi connectivity index (χ4v) is 4.59. The van der Waals surface area contributed by atoms with Gasteiger partial charge in [-0.25, -0.2) is 0 Å². The molecule has 4 N–H and O–H groups in total. The zero-order valence-corrected chi connectivity index (χ0v) is 17.1. The number of halogens is 3. The van der Waals surface area contributed by atoms with Crippen LogP contribution in [0.5, 0.6) is 0 Å². The third kappa shape index (κ3) is 3.79. The molecule has 32 heavy (non-hydrogen) atoms. The van der Waals surface area contributed by atoms with Crippen molar-refractivity contribution < 1.29 is 32.3 Å². The first-order chi connectivity index (χ1) is 15.0. The van der Waals surface area contributed by atoms with Crippen LogP contribution in [-0.2, 0) is 16.1 Å². The minimum atomic E-state index is -4.46. The Morgan fingerprint density at radius 1 is 1.06 bits per heavy atom. The highest BCUT2D eigenvalue weighted by molar-refractivity contribution is 6.23. The minimum Gasteiger partial charge on any atom is -0.328 e. The van der Waals surface area contributed by atoms with Gasteiger partial charge in [-0.05, 0) is 49.8 Å². The summed E-state index contributed by atoms with van der Waals surface area (Å²) in [4.78, 5) is 49.9. The van der Waals surface area contributed by atoms with Crippen molar-refractivity contribution in [3.05, 3.63) is 34.9 Å². The van der Waals surface area contributed by atoms with Crippen LogP contribution in [0.15, 0.2) is 18.2 Å². The highest BCUT2D eigenvalue weighted by atomic mass is 19.4. The number of carbonyl (C=O) groups is 4. The number of nitrogens with zero attached hydrogens (tertiary/aromatic N) is 1. The van der Waals surface area contributed by atoms with Crippen molar-refractivity contribution in [2.45, 2.75) is 68.9 Å².